The first-order valence-corrected chi connectivity index (χ1v) is 12.5. The lowest BCUT2D eigenvalue weighted by Gasteiger charge is -2.29. The largest absolute Gasteiger partial charge is 0.372 e. The van der Waals surface area contributed by atoms with Gasteiger partial charge >= 0.3 is 0 Å². The van der Waals surface area contributed by atoms with Crippen LogP contribution in [-0.4, -0.2) is 39.9 Å². The zero-order valence-corrected chi connectivity index (χ0v) is 19.4. The van der Waals surface area contributed by atoms with E-state index in [-0.39, 0.29) is 6.04 Å². The molecule has 1 fully saturated rings. The SMILES string of the molecule is C[C@@H](NC(=S)Nc1cccc(N(C)S(C)(=O)=O)c1)c1ccc(N2CCCCC2)cc1. The van der Waals surface area contributed by atoms with E-state index in [4.69, 9.17) is 12.2 Å². The standard InChI is InChI=1S/C22H30N4O2S2/c1-17(18-10-12-20(13-11-18)26-14-5-4-6-15-26)23-22(29)24-19-8-7-9-21(16-19)25(2)30(3,27)28/h7-13,16-17H,4-6,14-15H2,1-3H3,(H2,23,24,29)/t17-/m1/s1. The molecule has 162 valence electrons. The van der Waals surface area contributed by atoms with Crippen LogP contribution < -0.4 is 19.8 Å². The van der Waals surface area contributed by atoms with Crippen LogP contribution in [0.5, 0.6) is 0 Å². The van der Waals surface area contributed by atoms with Crippen LogP contribution in [0.25, 0.3) is 0 Å². The Morgan fingerprint density at radius 1 is 1.10 bits per heavy atom. The summed E-state index contributed by atoms with van der Waals surface area (Å²) in [5.41, 5.74) is 3.74. The minimum Gasteiger partial charge on any atom is -0.372 e. The molecule has 2 aromatic rings. The Morgan fingerprint density at radius 2 is 1.77 bits per heavy atom. The van der Waals surface area contributed by atoms with E-state index in [1.807, 2.05) is 6.07 Å². The molecule has 30 heavy (non-hydrogen) atoms. The summed E-state index contributed by atoms with van der Waals surface area (Å²) in [5.74, 6) is 0. The van der Waals surface area contributed by atoms with Crippen molar-refractivity contribution in [2.45, 2.75) is 32.2 Å². The predicted octanol–water partition coefficient (Wildman–Crippen LogP) is 4.12. The molecule has 1 atom stereocenters. The number of nitrogens with one attached hydrogen (secondary N) is 2. The monoisotopic (exact) mass is 446 g/mol. The Morgan fingerprint density at radius 3 is 2.40 bits per heavy atom. The van der Waals surface area contributed by atoms with Crippen LogP contribution in [0.4, 0.5) is 17.1 Å². The fraction of sp³-hybridized carbons (Fsp3) is 0.409. The third-order valence-corrected chi connectivity index (χ3v) is 6.85. The van der Waals surface area contributed by atoms with Crippen molar-refractivity contribution in [3.63, 3.8) is 0 Å². The van der Waals surface area contributed by atoms with Gasteiger partial charge in [-0.15, -0.1) is 0 Å². The zero-order chi connectivity index (χ0) is 21.7. The second kappa shape index (κ2) is 9.66. The molecule has 0 aliphatic carbocycles. The van der Waals surface area contributed by atoms with Crippen molar-refractivity contribution in [1.82, 2.24) is 5.32 Å². The third kappa shape index (κ3) is 5.86. The molecule has 0 spiro atoms. The van der Waals surface area contributed by atoms with Crippen molar-refractivity contribution in [2.75, 3.05) is 40.9 Å². The first-order valence-electron chi connectivity index (χ1n) is 10.2. The number of hydrogen-bond acceptors (Lipinski definition) is 4. The number of rotatable bonds is 6. The Bertz CT molecular complexity index is 971. The van der Waals surface area contributed by atoms with E-state index >= 15 is 0 Å². The quantitative estimate of drug-likeness (QED) is 0.651. The summed E-state index contributed by atoms with van der Waals surface area (Å²) in [6, 6.07) is 15.8. The van der Waals surface area contributed by atoms with Crippen LogP contribution in [0.15, 0.2) is 48.5 Å². The molecule has 0 aromatic heterocycles. The van der Waals surface area contributed by atoms with E-state index < -0.39 is 10.0 Å². The van der Waals surface area contributed by atoms with Gasteiger partial charge in [0.15, 0.2) is 5.11 Å². The van der Waals surface area contributed by atoms with Crippen molar-refractivity contribution in [3.05, 3.63) is 54.1 Å². The molecule has 1 heterocycles. The van der Waals surface area contributed by atoms with E-state index in [1.165, 1.54) is 42.6 Å². The summed E-state index contributed by atoms with van der Waals surface area (Å²) in [6.07, 6.45) is 5.03. The fourth-order valence-electron chi connectivity index (χ4n) is 3.54. The second-order valence-electron chi connectivity index (χ2n) is 7.74. The maximum Gasteiger partial charge on any atom is 0.231 e. The summed E-state index contributed by atoms with van der Waals surface area (Å²) in [5, 5.41) is 6.93. The summed E-state index contributed by atoms with van der Waals surface area (Å²) in [6.45, 7) is 4.33. The number of piperidine rings is 1. The number of thiocarbonyl (C=S) groups is 1. The van der Waals surface area contributed by atoms with Crippen LogP contribution in [0, 0.1) is 0 Å². The van der Waals surface area contributed by atoms with E-state index in [0.29, 0.717) is 10.8 Å². The minimum absolute atomic E-state index is 0.0438. The van der Waals surface area contributed by atoms with Gasteiger partial charge in [0.2, 0.25) is 10.0 Å². The van der Waals surface area contributed by atoms with Gasteiger partial charge < -0.3 is 15.5 Å². The van der Waals surface area contributed by atoms with E-state index in [0.717, 1.165) is 24.3 Å². The lowest BCUT2D eigenvalue weighted by atomic mass is 10.1. The molecule has 2 N–H and O–H groups in total. The normalized spacial score (nSPS) is 15.4. The first kappa shape index (κ1) is 22.4. The van der Waals surface area contributed by atoms with Crippen molar-refractivity contribution in [1.29, 1.82) is 0 Å². The summed E-state index contributed by atoms with van der Waals surface area (Å²) in [4.78, 5) is 2.44. The Labute approximate surface area is 185 Å². The van der Waals surface area contributed by atoms with Crippen LogP contribution in [0.2, 0.25) is 0 Å². The van der Waals surface area contributed by atoms with Crippen molar-refractivity contribution in [2.24, 2.45) is 0 Å². The maximum atomic E-state index is 11.8. The van der Waals surface area contributed by atoms with Gasteiger partial charge in [0.05, 0.1) is 18.0 Å². The molecule has 1 aliphatic rings. The molecule has 6 nitrogen and oxygen atoms in total. The lowest BCUT2D eigenvalue weighted by molar-refractivity contribution is 0.577. The van der Waals surface area contributed by atoms with Gasteiger partial charge in [0.25, 0.3) is 0 Å². The molecule has 0 saturated carbocycles. The topological polar surface area (TPSA) is 64.7 Å². The van der Waals surface area contributed by atoms with Crippen LogP contribution in [0.1, 0.15) is 37.8 Å². The van der Waals surface area contributed by atoms with Gasteiger partial charge in [0.1, 0.15) is 0 Å². The molecule has 0 radical (unpaired) electrons. The van der Waals surface area contributed by atoms with E-state index in [9.17, 15) is 8.42 Å². The van der Waals surface area contributed by atoms with Gasteiger partial charge in [-0.25, -0.2) is 8.42 Å². The first-order chi connectivity index (χ1) is 14.2. The highest BCUT2D eigenvalue weighted by Crippen LogP contribution is 2.23. The zero-order valence-electron chi connectivity index (χ0n) is 17.8. The molecule has 2 aromatic carbocycles. The smallest absolute Gasteiger partial charge is 0.231 e. The molecule has 3 rings (SSSR count). The third-order valence-electron chi connectivity index (χ3n) is 5.43. The van der Waals surface area contributed by atoms with Crippen LogP contribution in [-0.2, 0) is 10.0 Å². The lowest BCUT2D eigenvalue weighted by Crippen LogP contribution is -2.31. The highest BCUT2D eigenvalue weighted by molar-refractivity contribution is 7.92. The van der Waals surface area contributed by atoms with E-state index in [1.54, 1.807) is 18.2 Å². The number of anilines is 3. The molecule has 1 saturated heterocycles. The van der Waals surface area contributed by atoms with Gasteiger partial charge in [-0.2, -0.15) is 0 Å². The van der Waals surface area contributed by atoms with Gasteiger partial charge in [-0.3, -0.25) is 4.31 Å². The Hall–Kier alpha value is -2.32. The molecule has 0 bridgehead atoms. The Kier molecular flexibility index (Phi) is 7.20. The summed E-state index contributed by atoms with van der Waals surface area (Å²) in [7, 11) is -1.79. The summed E-state index contributed by atoms with van der Waals surface area (Å²) >= 11 is 5.46. The van der Waals surface area contributed by atoms with Gasteiger partial charge in [-0.05, 0) is 74.3 Å². The second-order valence-corrected chi connectivity index (χ2v) is 10.2. The minimum atomic E-state index is -3.31. The summed E-state index contributed by atoms with van der Waals surface area (Å²) < 4.78 is 24.8. The van der Waals surface area contributed by atoms with Crippen LogP contribution in [0.3, 0.4) is 0 Å². The maximum absolute atomic E-state index is 11.8. The van der Waals surface area contributed by atoms with Gasteiger partial charge in [0, 0.05) is 31.5 Å². The molecule has 0 unspecified atom stereocenters. The van der Waals surface area contributed by atoms with Crippen molar-refractivity contribution in [3.8, 4) is 0 Å². The fourth-order valence-corrected chi connectivity index (χ4v) is 4.34. The Balaban J connectivity index is 1.59. The number of nitrogens with zero attached hydrogens (tertiary/aromatic N) is 2. The molecule has 8 heteroatoms. The van der Waals surface area contributed by atoms with Crippen LogP contribution >= 0.6 is 12.2 Å². The van der Waals surface area contributed by atoms with E-state index in [2.05, 4.69) is 46.7 Å². The number of sulfonamides is 1. The van der Waals surface area contributed by atoms with Crippen molar-refractivity contribution >= 4 is 44.4 Å². The number of hydrogen-bond donors (Lipinski definition) is 2. The molecular weight excluding hydrogens is 416 g/mol. The molecule has 0 amide bonds. The predicted molar refractivity (Wildman–Crippen MR) is 130 cm³/mol. The van der Waals surface area contributed by atoms with Crippen molar-refractivity contribution < 1.29 is 8.42 Å². The number of benzene rings is 2. The van der Waals surface area contributed by atoms with Gasteiger partial charge in [-0.1, -0.05) is 18.2 Å². The molecule has 1 aliphatic heterocycles. The average Bonchev–Trinajstić information content (AvgIpc) is 2.73. The average molecular weight is 447 g/mol. The molecular formula is C22H30N4O2S2. The highest BCUT2D eigenvalue weighted by atomic mass is 32.2. The highest BCUT2D eigenvalue weighted by Gasteiger charge is 2.14.